The van der Waals surface area contributed by atoms with Crippen molar-refractivity contribution >= 4 is 10.3 Å². The van der Waals surface area contributed by atoms with Gasteiger partial charge in [0.15, 0.2) is 0 Å². The van der Waals surface area contributed by atoms with E-state index < -0.39 is 10.3 Å². The summed E-state index contributed by atoms with van der Waals surface area (Å²) >= 11 is 0. The molecule has 0 atom stereocenters. The van der Waals surface area contributed by atoms with E-state index in [1.54, 1.807) is 18.2 Å². The minimum Gasteiger partial charge on any atom is -0.347 e. The summed E-state index contributed by atoms with van der Waals surface area (Å²) in [5.74, 6) is 0.419. The van der Waals surface area contributed by atoms with Gasteiger partial charge in [-0.15, -0.1) is 0 Å². The van der Waals surface area contributed by atoms with Crippen molar-refractivity contribution in [3.05, 3.63) is 24.1 Å². The fourth-order valence-electron chi connectivity index (χ4n) is 0.875. The molecule has 0 aliphatic carbocycles. The second-order valence-electron chi connectivity index (χ2n) is 2.01. The quantitative estimate of drug-likeness (QED) is 0.498. The predicted molar refractivity (Wildman–Crippen MR) is 33.9 cm³/mol. The summed E-state index contributed by atoms with van der Waals surface area (Å²) in [6.45, 7) is 0.397. The molecular weight excluding hydrogens is 154 g/mol. The third-order valence-electron chi connectivity index (χ3n) is 1.35. The van der Waals surface area contributed by atoms with Crippen molar-refractivity contribution in [1.29, 1.82) is 0 Å². The molecule has 2 heterocycles. The van der Waals surface area contributed by atoms with Crippen LogP contribution in [0, 0.1) is 0 Å². The molecule has 0 saturated carbocycles. The van der Waals surface area contributed by atoms with Gasteiger partial charge in [0.25, 0.3) is 0 Å². The van der Waals surface area contributed by atoms with Crippen LogP contribution in [0.1, 0.15) is 0 Å². The maximum atomic E-state index is 10.7. The second-order valence-corrected chi connectivity index (χ2v) is 3.47. The Labute approximate surface area is 58.7 Å². The lowest BCUT2D eigenvalue weighted by atomic mass is 10.4. The Morgan fingerprint density at radius 1 is 1.60 bits per heavy atom. The van der Waals surface area contributed by atoms with E-state index in [2.05, 4.69) is 4.18 Å². The van der Waals surface area contributed by atoms with Gasteiger partial charge in [0.1, 0.15) is 0 Å². The zero-order valence-corrected chi connectivity index (χ0v) is 5.84. The normalized spacial score (nSPS) is 26.0. The number of hydrogen-bond donors (Lipinski definition) is 0. The third-order valence-corrected chi connectivity index (χ3v) is 2.60. The molecule has 0 bridgehead atoms. The van der Waals surface area contributed by atoms with Crippen LogP contribution in [0.15, 0.2) is 24.1 Å². The van der Waals surface area contributed by atoms with E-state index in [1.807, 2.05) is 0 Å². The standard InChI is InChI=1S/C5H5NO3S/c7-10(8)6-4-2-1-3-5(6)9-10/h1-3H,4H2. The van der Waals surface area contributed by atoms with Crippen LogP contribution in [0.2, 0.25) is 0 Å². The minimum absolute atomic E-state index is 0.397. The fourth-order valence-corrected chi connectivity index (χ4v) is 1.81. The number of hydrogen-bond acceptors (Lipinski definition) is 3. The van der Waals surface area contributed by atoms with Crippen molar-refractivity contribution in [1.82, 2.24) is 4.31 Å². The zero-order chi connectivity index (χ0) is 7.19. The third kappa shape index (κ3) is 0.578. The highest BCUT2D eigenvalue weighted by Gasteiger charge is 2.39. The first kappa shape index (κ1) is 5.79. The summed E-state index contributed by atoms with van der Waals surface area (Å²) in [4.78, 5) is 0. The Kier molecular flexibility index (Phi) is 0.894. The first-order valence-corrected chi connectivity index (χ1v) is 4.16. The Morgan fingerprint density at radius 2 is 2.40 bits per heavy atom. The molecule has 0 aromatic carbocycles. The van der Waals surface area contributed by atoms with Crippen LogP contribution in [-0.4, -0.2) is 19.3 Å². The average molecular weight is 159 g/mol. The molecule has 0 radical (unpaired) electrons. The van der Waals surface area contributed by atoms with Crippen LogP contribution >= 0.6 is 0 Å². The minimum atomic E-state index is -3.37. The van der Waals surface area contributed by atoms with Gasteiger partial charge in [-0.3, -0.25) is 0 Å². The van der Waals surface area contributed by atoms with Crippen LogP contribution in [-0.2, 0) is 14.5 Å². The van der Waals surface area contributed by atoms with Crippen molar-refractivity contribution in [3.63, 3.8) is 0 Å². The summed E-state index contributed by atoms with van der Waals surface area (Å²) in [6, 6.07) is 0. The SMILES string of the molecule is O=S1(=O)OC2=CC=CCN21. The average Bonchev–Trinajstić information content (AvgIpc) is 1.86. The lowest BCUT2D eigenvalue weighted by Crippen LogP contribution is -2.44. The summed E-state index contributed by atoms with van der Waals surface area (Å²) in [5.41, 5.74) is 0. The number of allylic oxidation sites excluding steroid dienone is 2. The molecule has 0 aromatic rings. The molecule has 2 aliphatic rings. The number of rotatable bonds is 0. The summed E-state index contributed by atoms with van der Waals surface area (Å²) in [5, 5.41) is 0. The van der Waals surface area contributed by atoms with Crippen molar-refractivity contribution < 1.29 is 12.6 Å². The van der Waals surface area contributed by atoms with E-state index >= 15 is 0 Å². The van der Waals surface area contributed by atoms with Gasteiger partial charge in [-0.1, -0.05) is 12.2 Å². The molecule has 2 aliphatic heterocycles. The molecule has 5 heteroatoms. The first-order valence-electron chi connectivity index (χ1n) is 2.79. The van der Waals surface area contributed by atoms with E-state index in [9.17, 15) is 8.42 Å². The molecule has 1 saturated heterocycles. The molecule has 0 N–H and O–H groups in total. The van der Waals surface area contributed by atoms with Crippen LogP contribution in [0.3, 0.4) is 0 Å². The summed E-state index contributed by atoms with van der Waals surface area (Å²) in [6.07, 6.45) is 5.13. The zero-order valence-electron chi connectivity index (χ0n) is 5.02. The molecule has 0 aromatic heterocycles. The van der Waals surface area contributed by atoms with E-state index in [0.717, 1.165) is 0 Å². The van der Waals surface area contributed by atoms with E-state index in [0.29, 0.717) is 12.4 Å². The van der Waals surface area contributed by atoms with E-state index in [4.69, 9.17) is 0 Å². The second kappa shape index (κ2) is 1.54. The monoisotopic (exact) mass is 159 g/mol. The molecule has 0 spiro atoms. The Morgan fingerprint density at radius 3 is 2.90 bits per heavy atom. The maximum Gasteiger partial charge on any atom is 0.414 e. The van der Waals surface area contributed by atoms with Crippen LogP contribution in [0.25, 0.3) is 0 Å². The van der Waals surface area contributed by atoms with Gasteiger partial charge >= 0.3 is 10.3 Å². The lowest BCUT2D eigenvalue weighted by molar-refractivity contribution is 0.207. The molecule has 1 fully saturated rings. The first-order chi connectivity index (χ1) is 4.70. The van der Waals surface area contributed by atoms with Crippen molar-refractivity contribution in [2.75, 3.05) is 6.54 Å². The van der Waals surface area contributed by atoms with Crippen molar-refractivity contribution in [2.45, 2.75) is 0 Å². The van der Waals surface area contributed by atoms with Crippen LogP contribution < -0.4 is 0 Å². The number of nitrogens with zero attached hydrogens (tertiary/aromatic N) is 1. The summed E-state index contributed by atoms with van der Waals surface area (Å²) < 4.78 is 27.0. The molecule has 10 heavy (non-hydrogen) atoms. The van der Waals surface area contributed by atoms with Gasteiger partial charge in [-0.2, -0.15) is 8.42 Å². The van der Waals surface area contributed by atoms with E-state index in [1.165, 1.54) is 4.31 Å². The molecule has 0 unspecified atom stereocenters. The molecule has 4 nitrogen and oxygen atoms in total. The van der Waals surface area contributed by atoms with Gasteiger partial charge in [0.05, 0.1) is 6.54 Å². The highest BCUT2D eigenvalue weighted by molar-refractivity contribution is 7.85. The van der Waals surface area contributed by atoms with Crippen molar-refractivity contribution in [3.8, 4) is 0 Å². The predicted octanol–water partition coefficient (Wildman–Crippen LogP) is -0.0254. The largest absolute Gasteiger partial charge is 0.414 e. The highest BCUT2D eigenvalue weighted by atomic mass is 32.2. The van der Waals surface area contributed by atoms with Crippen LogP contribution in [0.4, 0.5) is 0 Å². The van der Waals surface area contributed by atoms with Crippen LogP contribution in [0.5, 0.6) is 0 Å². The fraction of sp³-hybridized carbons (Fsp3) is 0.200. The Balaban J connectivity index is 2.39. The molecule has 0 amide bonds. The van der Waals surface area contributed by atoms with Gasteiger partial charge in [0, 0.05) is 6.08 Å². The molecular formula is C5H5NO3S. The van der Waals surface area contributed by atoms with Gasteiger partial charge in [0.2, 0.25) is 5.88 Å². The lowest BCUT2D eigenvalue weighted by Gasteiger charge is -2.33. The van der Waals surface area contributed by atoms with Gasteiger partial charge in [-0.05, 0) is 0 Å². The van der Waals surface area contributed by atoms with Gasteiger partial charge < -0.3 is 4.18 Å². The summed E-state index contributed by atoms with van der Waals surface area (Å²) in [7, 11) is -3.37. The van der Waals surface area contributed by atoms with Gasteiger partial charge in [-0.25, -0.2) is 4.31 Å². The van der Waals surface area contributed by atoms with Crippen molar-refractivity contribution in [2.24, 2.45) is 0 Å². The Bertz CT molecular complexity index is 314. The highest BCUT2D eigenvalue weighted by Crippen LogP contribution is 2.28. The van der Waals surface area contributed by atoms with E-state index in [-0.39, 0.29) is 0 Å². The number of fused-ring (bicyclic) bond motifs is 1. The Hall–Kier alpha value is -0.970. The topological polar surface area (TPSA) is 46.6 Å². The molecule has 54 valence electrons. The molecule has 2 rings (SSSR count). The maximum absolute atomic E-state index is 10.7. The smallest absolute Gasteiger partial charge is 0.347 e.